The summed E-state index contributed by atoms with van der Waals surface area (Å²) in [5.74, 6) is -0.267. The Kier molecular flexibility index (Phi) is 4.67. The standard InChI is InChI=1S/C9H3Br2Cl2N5O/c10-4-2-14-8(6(11)15-4)16-9(19)3-1-5(12)17-18-7(3)13/h1-2H,(H,14,16,19). The van der Waals surface area contributed by atoms with Gasteiger partial charge in [-0.05, 0) is 37.9 Å². The number of aromatic nitrogens is 4. The number of carbonyl (C=O) groups excluding carboxylic acids is 1. The van der Waals surface area contributed by atoms with Gasteiger partial charge in [0.2, 0.25) is 0 Å². The highest BCUT2D eigenvalue weighted by molar-refractivity contribution is 9.11. The molecule has 0 aromatic carbocycles. The van der Waals surface area contributed by atoms with E-state index in [1.807, 2.05) is 0 Å². The molecule has 2 rings (SSSR count). The van der Waals surface area contributed by atoms with Crippen LogP contribution in [0.5, 0.6) is 0 Å². The molecule has 6 nitrogen and oxygen atoms in total. The maximum Gasteiger partial charge on any atom is 0.260 e. The lowest BCUT2D eigenvalue weighted by molar-refractivity contribution is 0.102. The summed E-state index contributed by atoms with van der Waals surface area (Å²) < 4.78 is 0.906. The summed E-state index contributed by atoms with van der Waals surface area (Å²) in [4.78, 5) is 20.0. The van der Waals surface area contributed by atoms with Gasteiger partial charge < -0.3 is 5.32 Å². The number of amides is 1. The van der Waals surface area contributed by atoms with Gasteiger partial charge >= 0.3 is 0 Å². The van der Waals surface area contributed by atoms with E-state index < -0.39 is 5.91 Å². The van der Waals surface area contributed by atoms with E-state index in [1.54, 1.807) is 0 Å². The number of anilines is 1. The van der Waals surface area contributed by atoms with Gasteiger partial charge in [-0.1, -0.05) is 23.2 Å². The van der Waals surface area contributed by atoms with Crippen molar-refractivity contribution < 1.29 is 4.79 Å². The molecule has 0 saturated carbocycles. The zero-order chi connectivity index (χ0) is 14.0. The Bertz CT molecular complexity index is 655. The number of nitrogens with zero attached hydrogens (tertiary/aromatic N) is 4. The molecule has 0 saturated heterocycles. The second kappa shape index (κ2) is 6.08. The average Bonchev–Trinajstić information content (AvgIpc) is 2.35. The Morgan fingerprint density at radius 1 is 1.26 bits per heavy atom. The molecule has 98 valence electrons. The predicted molar refractivity (Wildman–Crippen MR) is 77.4 cm³/mol. The van der Waals surface area contributed by atoms with E-state index in [0.29, 0.717) is 9.21 Å². The summed E-state index contributed by atoms with van der Waals surface area (Å²) in [6, 6.07) is 1.31. The van der Waals surface area contributed by atoms with Crippen molar-refractivity contribution in [3.05, 3.63) is 37.3 Å². The first-order valence-corrected chi connectivity index (χ1v) is 6.99. The Morgan fingerprint density at radius 3 is 2.68 bits per heavy atom. The molecule has 0 aliphatic carbocycles. The third-order valence-electron chi connectivity index (χ3n) is 1.90. The molecule has 0 fully saturated rings. The summed E-state index contributed by atoms with van der Waals surface area (Å²) in [6.45, 7) is 0. The van der Waals surface area contributed by atoms with Crippen molar-refractivity contribution in [1.29, 1.82) is 0 Å². The number of hydrogen-bond acceptors (Lipinski definition) is 5. The van der Waals surface area contributed by atoms with Gasteiger partial charge in [-0.3, -0.25) is 4.79 Å². The smallest absolute Gasteiger partial charge is 0.260 e. The molecule has 2 heterocycles. The number of carbonyl (C=O) groups is 1. The maximum absolute atomic E-state index is 12.0. The van der Waals surface area contributed by atoms with Crippen molar-refractivity contribution in [2.75, 3.05) is 5.32 Å². The van der Waals surface area contributed by atoms with Crippen LogP contribution in [0.3, 0.4) is 0 Å². The topological polar surface area (TPSA) is 80.7 Å². The summed E-state index contributed by atoms with van der Waals surface area (Å²) >= 11 is 17.8. The Morgan fingerprint density at radius 2 is 2.00 bits per heavy atom. The van der Waals surface area contributed by atoms with E-state index in [2.05, 4.69) is 57.3 Å². The van der Waals surface area contributed by atoms with Crippen LogP contribution in [0.25, 0.3) is 0 Å². The fourth-order valence-electron chi connectivity index (χ4n) is 1.12. The molecule has 0 aliphatic rings. The normalized spacial score (nSPS) is 10.3. The van der Waals surface area contributed by atoms with E-state index in [4.69, 9.17) is 23.2 Å². The van der Waals surface area contributed by atoms with Crippen molar-refractivity contribution in [3.8, 4) is 0 Å². The van der Waals surface area contributed by atoms with E-state index in [9.17, 15) is 4.79 Å². The van der Waals surface area contributed by atoms with Crippen LogP contribution in [0.15, 0.2) is 21.5 Å². The van der Waals surface area contributed by atoms with Crippen LogP contribution >= 0.6 is 55.1 Å². The molecule has 2 aromatic rings. The molecule has 10 heteroatoms. The van der Waals surface area contributed by atoms with Gasteiger partial charge in [-0.15, -0.1) is 10.2 Å². The molecule has 0 spiro atoms. The lowest BCUT2D eigenvalue weighted by Crippen LogP contribution is -2.15. The molecular weight excluding hydrogens is 425 g/mol. The molecule has 2 aromatic heterocycles. The second-order valence-corrected chi connectivity index (χ2v) is 5.47. The van der Waals surface area contributed by atoms with Crippen LogP contribution in [0.4, 0.5) is 5.82 Å². The maximum atomic E-state index is 12.0. The highest BCUT2D eigenvalue weighted by Gasteiger charge is 2.15. The highest BCUT2D eigenvalue weighted by Crippen LogP contribution is 2.21. The highest BCUT2D eigenvalue weighted by atomic mass is 79.9. The fraction of sp³-hybridized carbons (Fsp3) is 0. The van der Waals surface area contributed by atoms with E-state index in [1.165, 1.54) is 12.3 Å². The summed E-state index contributed by atoms with van der Waals surface area (Å²) in [5.41, 5.74) is 0.0956. The van der Waals surface area contributed by atoms with Crippen LogP contribution in [-0.4, -0.2) is 26.1 Å². The SMILES string of the molecule is O=C(Nc1ncc(Br)nc1Br)c1cc(Cl)nnc1Cl. The lowest BCUT2D eigenvalue weighted by Gasteiger charge is -2.06. The zero-order valence-electron chi connectivity index (χ0n) is 8.86. The molecule has 0 bridgehead atoms. The van der Waals surface area contributed by atoms with Gasteiger partial charge in [0.05, 0.1) is 11.8 Å². The molecule has 0 aliphatic heterocycles. The first-order chi connectivity index (χ1) is 8.97. The van der Waals surface area contributed by atoms with Gasteiger partial charge in [0.25, 0.3) is 5.91 Å². The molecule has 0 unspecified atom stereocenters. The minimum Gasteiger partial charge on any atom is -0.304 e. The van der Waals surface area contributed by atoms with Crippen molar-refractivity contribution in [3.63, 3.8) is 0 Å². The van der Waals surface area contributed by atoms with Crippen LogP contribution in [0, 0.1) is 0 Å². The minimum absolute atomic E-state index is 0.0527. The van der Waals surface area contributed by atoms with Gasteiger partial charge in [-0.25, -0.2) is 9.97 Å². The van der Waals surface area contributed by atoms with Crippen molar-refractivity contribution in [1.82, 2.24) is 20.2 Å². The Hall–Kier alpha value is -0.830. The predicted octanol–water partition coefficient (Wildman–Crippen LogP) is 3.35. The summed E-state index contributed by atoms with van der Waals surface area (Å²) in [5, 5.41) is 9.61. The van der Waals surface area contributed by atoms with Crippen molar-refractivity contribution in [2.45, 2.75) is 0 Å². The van der Waals surface area contributed by atoms with Crippen LogP contribution < -0.4 is 5.32 Å². The van der Waals surface area contributed by atoms with Crippen LogP contribution in [-0.2, 0) is 0 Å². The van der Waals surface area contributed by atoms with Crippen molar-refractivity contribution >= 4 is 66.8 Å². The third kappa shape index (κ3) is 3.59. The van der Waals surface area contributed by atoms with E-state index in [0.717, 1.165) is 0 Å². The Labute approximate surface area is 134 Å². The molecule has 1 N–H and O–H groups in total. The number of rotatable bonds is 2. The lowest BCUT2D eigenvalue weighted by atomic mass is 10.3. The molecule has 0 atom stereocenters. The third-order valence-corrected chi connectivity index (χ3v) is 3.29. The minimum atomic E-state index is -0.515. The summed E-state index contributed by atoms with van der Waals surface area (Å²) in [7, 11) is 0. The number of nitrogens with one attached hydrogen (secondary N) is 1. The van der Waals surface area contributed by atoms with E-state index in [-0.39, 0.29) is 21.7 Å². The first kappa shape index (κ1) is 14.6. The zero-order valence-corrected chi connectivity index (χ0v) is 13.5. The Balaban J connectivity index is 2.28. The van der Waals surface area contributed by atoms with Crippen LogP contribution in [0.2, 0.25) is 10.3 Å². The fourth-order valence-corrected chi connectivity index (χ4v) is 2.35. The quantitative estimate of drug-likeness (QED) is 0.795. The van der Waals surface area contributed by atoms with Gasteiger partial charge in [0.15, 0.2) is 16.1 Å². The first-order valence-electron chi connectivity index (χ1n) is 4.65. The van der Waals surface area contributed by atoms with Gasteiger partial charge in [0, 0.05) is 0 Å². The molecule has 19 heavy (non-hydrogen) atoms. The van der Waals surface area contributed by atoms with Gasteiger partial charge in [-0.2, -0.15) is 0 Å². The average molecular weight is 428 g/mol. The monoisotopic (exact) mass is 425 g/mol. The number of hydrogen-bond donors (Lipinski definition) is 1. The van der Waals surface area contributed by atoms with Gasteiger partial charge in [0.1, 0.15) is 9.21 Å². The molecule has 0 radical (unpaired) electrons. The summed E-state index contributed by atoms with van der Waals surface area (Å²) in [6.07, 6.45) is 1.44. The van der Waals surface area contributed by atoms with Crippen LogP contribution in [0.1, 0.15) is 10.4 Å². The molecular formula is C9H3Br2Cl2N5O. The largest absolute Gasteiger partial charge is 0.304 e. The molecule has 1 amide bonds. The van der Waals surface area contributed by atoms with E-state index >= 15 is 0 Å². The number of halogens is 4. The second-order valence-electron chi connectivity index (χ2n) is 3.16. The van der Waals surface area contributed by atoms with Crippen molar-refractivity contribution in [2.24, 2.45) is 0 Å².